The molecule has 0 saturated carbocycles. The van der Waals surface area contributed by atoms with E-state index in [0.717, 1.165) is 56.2 Å². The average Bonchev–Trinajstić information content (AvgIpc) is 3.60. The number of nitrogens with zero attached hydrogens (tertiary/aromatic N) is 2. The molecule has 0 radical (unpaired) electrons. The van der Waals surface area contributed by atoms with E-state index in [2.05, 4.69) is 57.7 Å². The fraction of sp³-hybridized carbons (Fsp3) is 0.200. The van der Waals surface area contributed by atoms with E-state index in [4.69, 9.17) is 0 Å². The van der Waals surface area contributed by atoms with Crippen LogP contribution in [0.25, 0.3) is 45.0 Å². The minimum Gasteiger partial charge on any atom is -0.392 e. The van der Waals surface area contributed by atoms with Crippen LogP contribution >= 0.6 is 0 Å². The first-order valence-electron chi connectivity index (χ1n) is 15.7. The van der Waals surface area contributed by atoms with Gasteiger partial charge in [-0.15, -0.1) is 0 Å². The average molecular weight is 613 g/mol. The van der Waals surface area contributed by atoms with Crippen molar-refractivity contribution in [3.8, 4) is 45.0 Å². The zero-order valence-corrected chi connectivity index (χ0v) is 26.3. The molecule has 6 nitrogen and oxygen atoms in total. The lowest BCUT2D eigenvalue weighted by Gasteiger charge is -2.20. The molecule has 6 aromatic rings. The SMILES string of the molecule is Cc1ccc(-c2c(CO)c(CO)c(-c3ccccc3)n2CCn2c(-c3ccccc3)c(CO)c(CO)c2-c2ccc(C)cc2)cc1. The lowest BCUT2D eigenvalue weighted by molar-refractivity contribution is 0.262. The van der Waals surface area contributed by atoms with Crippen molar-refractivity contribution in [3.63, 3.8) is 0 Å². The van der Waals surface area contributed by atoms with E-state index in [1.165, 1.54) is 0 Å². The monoisotopic (exact) mass is 612 g/mol. The standard InChI is InChI=1S/C40H40N2O4/c1-27-13-17-31(18-14-27)39-35(25-45)33(23-43)37(29-9-5-3-6-10-29)41(39)21-22-42-38(30-11-7-4-8-12-30)34(24-44)36(26-46)40(42)32-19-15-28(2)16-20-32/h3-20,43-46H,21-26H2,1-2H3. The van der Waals surface area contributed by atoms with Gasteiger partial charge < -0.3 is 29.6 Å². The van der Waals surface area contributed by atoms with E-state index < -0.39 is 0 Å². The molecule has 0 bridgehead atoms. The quantitative estimate of drug-likeness (QED) is 0.124. The molecule has 2 heterocycles. The minimum absolute atomic E-state index is 0.220. The normalized spacial score (nSPS) is 11.3. The number of hydrogen-bond acceptors (Lipinski definition) is 4. The van der Waals surface area contributed by atoms with Crippen LogP contribution < -0.4 is 0 Å². The van der Waals surface area contributed by atoms with Gasteiger partial charge in [0.25, 0.3) is 0 Å². The molecule has 4 aromatic carbocycles. The summed E-state index contributed by atoms with van der Waals surface area (Å²) in [7, 11) is 0. The number of rotatable bonds is 11. The summed E-state index contributed by atoms with van der Waals surface area (Å²) in [5, 5.41) is 42.9. The molecule has 0 fully saturated rings. The molecule has 0 unspecified atom stereocenters. The van der Waals surface area contributed by atoms with Crippen LogP contribution in [0.1, 0.15) is 33.4 Å². The summed E-state index contributed by atoms with van der Waals surface area (Å²) in [6.07, 6.45) is 0. The Morgan fingerprint density at radius 3 is 0.891 bits per heavy atom. The van der Waals surface area contributed by atoms with Crippen LogP contribution in [0.5, 0.6) is 0 Å². The van der Waals surface area contributed by atoms with E-state index >= 15 is 0 Å². The Morgan fingerprint density at radius 2 is 0.630 bits per heavy atom. The highest BCUT2D eigenvalue weighted by Gasteiger charge is 2.27. The summed E-state index contributed by atoms with van der Waals surface area (Å²) in [6, 6.07) is 36.5. The second-order valence-electron chi connectivity index (χ2n) is 11.7. The van der Waals surface area contributed by atoms with Crippen LogP contribution in [-0.2, 0) is 39.5 Å². The van der Waals surface area contributed by atoms with Crippen molar-refractivity contribution in [1.82, 2.24) is 9.13 Å². The zero-order valence-electron chi connectivity index (χ0n) is 26.3. The molecule has 234 valence electrons. The lowest BCUT2D eigenvalue weighted by Crippen LogP contribution is -2.12. The maximum Gasteiger partial charge on any atom is 0.0706 e. The molecule has 0 spiro atoms. The first-order chi connectivity index (χ1) is 22.5. The van der Waals surface area contributed by atoms with E-state index in [9.17, 15) is 20.4 Å². The van der Waals surface area contributed by atoms with Crippen LogP contribution in [0.4, 0.5) is 0 Å². The molecular weight excluding hydrogens is 572 g/mol. The molecule has 6 heteroatoms. The lowest BCUT2D eigenvalue weighted by atomic mass is 10.0. The number of aliphatic hydroxyl groups excluding tert-OH is 4. The first-order valence-corrected chi connectivity index (χ1v) is 15.7. The maximum atomic E-state index is 10.7. The van der Waals surface area contributed by atoms with Crippen molar-refractivity contribution in [2.75, 3.05) is 0 Å². The third-order valence-electron chi connectivity index (χ3n) is 8.88. The van der Waals surface area contributed by atoms with E-state index in [1.54, 1.807) is 0 Å². The largest absolute Gasteiger partial charge is 0.392 e. The molecule has 4 N–H and O–H groups in total. The van der Waals surface area contributed by atoms with Gasteiger partial charge in [0.2, 0.25) is 0 Å². The molecule has 0 atom stereocenters. The van der Waals surface area contributed by atoms with Gasteiger partial charge >= 0.3 is 0 Å². The van der Waals surface area contributed by atoms with Gasteiger partial charge in [0.05, 0.1) is 49.2 Å². The summed E-state index contributed by atoms with van der Waals surface area (Å²) in [5.74, 6) is 0. The predicted molar refractivity (Wildman–Crippen MR) is 184 cm³/mol. The zero-order chi connectivity index (χ0) is 32.2. The Kier molecular flexibility index (Phi) is 9.33. The molecular formula is C40H40N2O4. The van der Waals surface area contributed by atoms with Crippen LogP contribution in [-0.4, -0.2) is 29.6 Å². The van der Waals surface area contributed by atoms with Gasteiger partial charge in [0.15, 0.2) is 0 Å². The summed E-state index contributed by atoms with van der Waals surface area (Å²) < 4.78 is 4.42. The molecule has 6 rings (SSSR count). The third kappa shape index (κ3) is 5.72. The van der Waals surface area contributed by atoms with Crippen molar-refractivity contribution in [2.45, 2.75) is 53.4 Å². The first kappa shape index (κ1) is 31.3. The summed E-state index contributed by atoms with van der Waals surface area (Å²) in [5.41, 5.74) is 12.3. The number of benzene rings is 4. The van der Waals surface area contributed by atoms with Crippen molar-refractivity contribution >= 4 is 0 Å². The number of aryl methyl sites for hydroxylation is 2. The Morgan fingerprint density at radius 1 is 0.370 bits per heavy atom. The molecule has 0 aliphatic heterocycles. The van der Waals surface area contributed by atoms with Crippen molar-refractivity contribution in [1.29, 1.82) is 0 Å². The van der Waals surface area contributed by atoms with E-state index in [1.807, 2.05) is 74.5 Å². The molecule has 0 amide bonds. The van der Waals surface area contributed by atoms with Crippen LogP contribution in [0, 0.1) is 13.8 Å². The highest BCUT2D eigenvalue weighted by atomic mass is 16.3. The Bertz CT molecular complexity index is 1780. The number of hydrogen-bond donors (Lipinski definition) is 4. The fourth-order valence-electron chi connectivity index (χ4n) is 6.71. The predicted octanol–water partition coefficient (Wildman–Crippen LogP) is 7.24. The summed E-state index contributed by atoms with van der Waals surface area (Å²) in [4.78, 5) is 0. The van der Waals surface area contributed by atoms with Crippen LogP contribution in [0.2, 0.25) is 0 Å². The van der Waals surface area contributed by atoms with Crippen molar-refractivity contribution < 1.29 is 20.4 Å². The highest BCUT2D eigenvalue weighted by molar-refractivity contribution is 5.79. The topological polar surface area (TPSA) is 90.8 Å². The smallest absolute Gasteiger partial charge is 0.0706 e. The molecule has 0 aliphatic carbocycles. The Hall–Kier alpha value is -4.72. The fourth-order valence-corrected chi connectivity index (χ4v) is 6.71. The third-order valence-corrected chi connectivity index (χ3v) is 8.88. The van der Waals surface area contributed by atoms with Crippen LogP contribution in [0.15, 0.2) is 109 Å². The van der Waals surface area contributed by atoms with Gasteiger partial charge in [-0.05, 0) is 36.1 Å². The number of aromatic nitrogens is 2. The van der Waals surface area contributed by atoms with Gasteiger partial charge in [0.1, 0.15) is 0 Å². The minimum atomic E-state index is -0.220. The van der Waals surface area contributed by atoms with Crippen LogP contribution in [0.3, 0.4) is 0 Å². The molecule has 0 saturated heterocycles. The van der Waals surface area contributed by atoms with Gasteiger partial charge in [-0.1, -0.05) is 120 Å². The highest BCUT2D eigenvalue weighted by Crippen LogP contribution is 2.41. The second kappa shape index (κ2) is 13.7. The summed E-state index contributed by atoms with van der Waals surface area (Å²) in [6.45, 7) is 4.20. The van der Waals surface area contributed by atoms with Crippen molar-refractivity contribution in [3.05, 3.63) is 143 Å². The molecule has 2 aromatic heterocycles. The van der Waals surface area contributed by atoms with Crippen molar-refractivity contribution in [2.24, 2.45) is 0 Å². The Labute approximate surface area is 270 Å². The van der Waals surface area contributed by atoms with Gasteiger partial charge in [-0.2, -0.15) is 0 Å². The molecule has 46 heavy (non-hydrogen) atoms. The second-order valence-corrected chi connectivity index (χ2v) is 11.7. The van der Waals surface area contributed by atoms with Gasteiger partial charge in [0, 0.05) is 35.3 Å². The van der Waals surface area contributed by atoms with E-state index in [-0.39, 0.29) is 26.4 Å². The summed E-state index contributed by atoms with van der Waals surface area (Å²) >= 11 is 0. The maximum absolute atomic E-state index is 10.7. The number of aliphatic hydroxyl groups is 4. The Balaban J connectivity index is 1.61. The van der Waals surface area contributed by atoms with Gasteiger partial charge in [-0.3, -0.25) is 0 Å². The van der Waals surface area contributed by atoms with E-state index in [0.29, 0.717) is 35.3 Å². The van der Waals surface area contributed by atoms with Gasteiger partial charge in [-0.25, -0.2) is 0 Å². The molecule has 0 aliphatic rings.